The Kier molecular flexibility index (Phi) is 2.18. The van der Waals surface area contributed by atoms with Gasteiger partial charge in [0.25, 0.3) is 5.69 Å². The Morgan fingerprint density at radius 2 is 1.75 bits per heavy atom. The largest absolute Gasteiger partial charge is 0.277 e. The number of benzene rings is 1. The zero-order valence-electron chi connectivity index (χ0n) is 9.71. The first-order valence-electron chi connectivity index (χ1n) is 5.04. The number of nitro benzene ring substituents is 1. The summed E-state index contributed by atoms with van der Waals surface area (Å²) < 4.78 is 0. The predicted octanol–water partition coefficient (Wildman–Crippen LogP) is 2.70. The van der Waals surface area contributed by atoms with Gasteiger partial charge >= 0.3 is 0 Å². The van der Waals surface area contributed by atoms with Crippen LogP contribution in [0.4, 0.5) is 5.69 Å². The number of aryl methyl sites for hydroxylation is 3. The molecule has 0 bridgehead atoms. The Morgan fingerprint density at radius 1 is 1.12 bits per heavy atom. The SMILES string of the molecule is Cc1c([N+](=O)[O-])c(C)c2c(C)n[nH]c2c1C. The third-order valence-electron chi connectivity index (χ3n) is 3.15. The number of nitro groups is 1. The van der Waals surface area contributed by atoms with E-state index < -0.39 is 0 Å². The van der Waals surface area contributed by atoms with Crippen molar-refractivity contribution in [1.29, 1.82) is 0 Å². The second kappa shape index (κ2) is 3.30. The fraction of sp³-hybridized carbons (Fsp3) is 0.364. The van der Waals surface area contributed by atoms with Crippen molar-refractivity contribution in [1.82, 2.24) is 10.2 Å². The van der Waals surface area contributed by atoms with Crippen LogP contribution >= 0.6 is 0 Å². The van der Waals surface area contributed by atoms with E-state index in [4.69, 9.17) is 0 Å². The molecule has 0 aliphatic carbocycles. The van der Waals surface area contributed by atoms with Gasteiger partial charge in [-0.3, -0.25) is 15.2 Å². The van der Waals surface area contributed by atoms with Crippen molar-refractivity contribution >= 4 is 16.6 Å². The molecule has 84 valence electrons. The van der Waals surface area contributed by atoms with Crippen molar-refractivity contribution in [3.63, 3.8) is 0 Å². The van der Waals surface area contributed by atoms with Crippen molar-refractivity contribution in [2.24, 2.45) is 0 Å². The molecular formula is C11H13N3O2. The molecule has 1 aromatic carbocycles. The van der Waals surface area contributed by atoms with Crippen LogP contribution in [0, 0.1) is 37.8 Å². The van der Waals surface area contributed by atoms with Crippen molar-refractivity contribution in [3.8, 4) is 0 Å². The zero-order valence-corrected chi connectivity index (χ0v) is 9.71. The summed E-state index contributed by atoms with van der Waals surface area (Å²) in [5.41, 5.74) is 4.20. The molecule has 0 aliphatic rings. The van der Waals surface area contributed by atoms with Gasteiger partial charge in [0.05, 0.1) is 16.1 Å². The van der Waals surface area contributed by atoms with Gasteiger partial charge in [-0.05, 0) is 33.3 Å². The molecule has 2 aromatic rings. The fourth-order valence-corrected chi connectivity index (χ4v) is 2.20. The molecule has 5 nitrogen and oxygen atoms in total. The van der Waals surface area contributed by atoms with E-state index in [1.54, 1.807) is 13.8 Å². The summed E-state index contributed by atoms with van der Waals surface area (Å²) in [7, 11) is 0. The average molecular weight is 219 g/mol. The van der Waals surface area contributed by atoms with Crippen molar-refractivity contribution in [3.05, 3.63) is 32.5 Å². The summed E-state index contributed by atoms with van der Waals surface area (Å²) in [6.45, 7) is 7.28. The van der Waals surface area contributed by atoms with Gasteiger partial charge in [-0.25, -0.2) is 0 Å². The van der Waals surface area contributed by atoms with Crippen LogP contribution in [0.25, 0.3) is 10.9 Å². The summed E-state index contributed by atoms with van der Waals surface area (Å²) in [5, 5.41) is 19.0. The lowest BCUT2D eigenvalue weighted by Gasteiger charge is -2.07. The van der Waals surface area contributed by atoms with Crippen LogP contribution in [0.1, 0.15) is 22.4 Å². The van der Waals surface area contributed by atoms with E-state index in [-0.39, 0.29) is 10.6 Å². The number of aromatic amines is 1. The lowest BCUT2D eigenvalue weighted by molar-refractivity contribution is -0.385. The molecule has 0 fully saturated rings. The summed E-state index contributed by atoms with van der Waals surface area (Å²) in [4.78, 5) is 10.7. The molecule has 0 aliphatic heterocycles. The molecule has 1 N–H and O–H groups in total. The van der Waals surface area contributed by atoms with E-state index in [1.807, 2.05) is 13.8 Å². The summed E-state index contributed by atoms with van der Waals surface area (Å²) >= 11 is 0. The maximum atomic E-state index is 11.0. The van der Waals surface area contributed by atoms with Gasteiger partial charge in [0.2, 0.25) is 0 Å². The van der Waals surface area contributed by atoms with Crippen LogP contribution in [-0.2, 0) is 0 Å². The van der Waals surface area contributed by atoms with E-state index in [0.717, 1.165) is 22.2 Å². The highest BCUT2D eigenvalue weighted by Crippen LogP contribution is 2.34. The topological polar surface area (TPSA) is 71.8 Å². The highest BCUT2D eigenvalue weighted by molar-refractivity contribution is 5.91. The number of hydrogen-bond acceptors (Lipinski definition) is 3. The van der Waals surface area contributed by atoms with Gasteiger partial charge in [-0.1, -0.05) is 0 Å². The van der Waals surface area contributed by atoms with Gasteiger partial charge in [-0.2, -0.15) is 5.10 Å². The highest BCUT2D eigenvalue weighted by atomic mass is 16.6. The second-order valence-corrected chi connectivity index (χ2v) is 4.04. The number of H-pyrrole nitrogens is 1. The van der Waals surface area contributed by atoms with Crippen LogP contribution in [0.5, 0.6) is 0 Å². The molecule has 1 aromatic heterocycles. The quantitative estimate of drug-likeness (QED) is 0.592. The number of fused-ring (bicyclic) bond motifs is 1. The van der Waals surface area contributed by atoms with Crippen molar-refractivity contribution in [2.45, 2.75) is 27.7 Å². The van der Waals surface area contributed by atoms with Crippen LogP contribution in [0.15, 0.2) is 0 Å². The molecule has 0 saturated heterocycles. The Morgan fingerprint density at radius 3 is 2.31 bits per heavy atom. The minimum atomic E-state index is -0.316. The summed E-state index contributed by atoms with van der Waals surface area (Å²) in [6.07, 6.45) is 0. The zero-order chi connectivity index (χ0) is 12.0. The molecule has 0 radical (unpaired) electrons. The van der Waals surface area contributed by atoms with E-state index in [9.17, 15) is 10.1 Å². The van der Waals surface area contributed by atoms with Crippen LogP contribution < -0.4 is 0 Å². The molecule has 0 atom stereocenters. The van der Waals surface area contributed by atoms with E-state index in [0.29, 0.717) is 11.1 Å². The molecule has 0 saturated carbocycles. The summed E-state index contributed by atoms with van der Waals surface area (Å²) in [6, 6.07) is 0. The Hall–Kier alpha value is -1.91. The molecule has 16 heavy (non-hydrogen) atoms. The third kappa shape index (κ3) is 1.21. The maximum Gasteiger partial charge on any atom is 0.276 e. The Labute approximate surface area is 92.6 Å². The third-order valence-corrected chi connectivity index (χ3v) is 3.15. The molecule has 1 heterocycles. The lowest BCUT2D eigenvalue weighted by atomic mass is 9.98. The minimum Gasteiger partial charge on any atom is -0.277 e. The molecule has 5 heteroatoms. The number of aromatic nitrogens is 2. The van der Waals surface area contributed by atoms with E-state index >= 15 is 0 Å². The standard InChI is InChI=1S/C11H13N3O2/c1-5-6(2)11(14(15)16)7(3)9-8(4)12-13-10(5)9/h1-4H3,(H,12,13). The van der Waals surface area contributed by atoms with Gasteiger partial charge in [0.1, 0.15) is 0 Å². The molecule has 0 amide bonds. The first kappa shape index (κ1) is 10.6. The lowest BCUT2D eigenvalue weighted by Crippen LogP contribution is -1.98. The van der Waals surface area contributed by atoms with Crippen LogP contribution in [0.3, 0.4) is 0 Å². The second-order valence-electron chi connectivity index (χ2n) is 4.04. The number of rotatable bonds is 1. The minimum absolute atomic E-state index is 0.203. The Balaban J connectivity index is 3.03. The van der Waals surface area contributed by atoms with Crippen LogP contribution in [-0.4, -0.2) is 15.1 Å². The maximum absolute atomic E-state index is 11.0. The number of nitrogens with one attached hydrogen (secondary N) is 1. The van der Waals surface area contributed by atoms with Gasteiger partial charge in [0, 0.05) is 16.5 Å². The molecule has 0 unspecified atom stereocenters. The first-order chi connectivity index (χ1) is 7.45. The predicted molar refractivity (Wildman–Crippen MR) is 61.7 cm³/mol. The first-order valence-corrected chi connectivity index (χ1v) is 5.04. The smallest absolute Gasteiger partial charge is 0.276 e. The van der Waals surface area contributed by atoms with Gasteiger partial charge < -0.3 is 0 Å². The summed E-state index contributed by atoms with van der Waals surface area (Å²) in [5.74, 6) is 0. The average Bonchev–Trinajstić information content (AvgIpc) is 2.57. The highest BCUT2D eigenvalue weighted by Gasteiger charge is 2.22. The normalized spacial score (nSPS) is 11.0. The van der Waals surface area contributed by atoms with E-state index in [2.05, 4.69) is 10.2 Å². The van der Waals surface area contributed by atoms with Gasteiger partial charge in [-0.15, -0.1) is 0 Å². The fourth-order valence-electron chi connectivity index (χ4n) is 2.20. The molecule has 0 spiro atoms. The van der Waals surface area contributed by atoms with Crippen LogP contribution in [0.2, 0.25) is 0 Å². The van der Waals surface area contributed by atoms with Crippen molar-refractivity contribution in [2.75, 3.05) is 0 Å². The molecule has 2 rings (SSSR count). The van der Waals surface area contributed by atoms with Crippen molar-refractivity contribution < 1.29 is 4.92 Å². The van der Waals surface area contributed by atoms with E-state index in [1.165, 1.54) is 0 Å². The number of hydrogen-bond donors (Lipinski definition) is 1. The molecular weight excluding hydrogens is 206 g/mol. The Bertz CT molecular complexity index is 599. The monoisotopic (exact) mass is 219 g/mol. The number of nitrogens with zero attached hydrogens (tertiary/aromatic N) is 2. The van der Waals surface area contributed by atoms with Gasteiger partial charge in [0.15, 0.2) is 0 Å².